The smallest absolute Gasteiger partial charge is 0.335 e. The van der Waals surface area contributed by atoms with Crippen LogP contribution < -0.4 is 4.72 Å². The number of aromatic carboxylic acids is 1. The van der Waals surface area contributed by atoms with E-state index in [1.165, 1.54) is 12.1 Å². The van der Waals surface area contributed by atoms with E-state index in [4.69, 9.17) is 16.7 Å². The van der Waals surface area contributed by atoms with Crippen LogP contribution in [0.4, 0.5) is 0 Å². The number of carboxylic acids is 1. The number of carboxylic acid groups (broad SMARTS) is 1. The van der Waals surface area contributed by atoms with Crippen molar-refractivity contribution in [2.45, 2.75) is 43.0 Å². The van der Waals surface area contributed by atoms with Crippen LogP contribution in [-0.4, -0.2) is 25.5 Å². The van der Waals surface area contributed by atoms with Crippen molar-refractivity contribution in [1.29, 1.82) is 0 Å². The third kappa shape index (κ3) is 3.50. The predicted octanol–water partition coefficient (Wildman–Crippen LogP) is 2.65. The second-order valence-electron chi connectivity index (χ2n) is 4.91. The molecule has 7 heteroatoms. The summed E-state index contributed by atoms with van der Waals surface area (Å²) in [6.45, 7) is 0. The highest BCUT2D eigenvalue weighted by molar-refractivity contribution is 7.89. The first kappa shape index (κ1) is 15.3. The predicted molar refractivity (Wildman–Crippen MR) is 75.6 cm³/mol. The van der Waals surface area contributed by atoms with Crippen molar-refractivity contribution in [1.82, 2.24) is 4.72 Å². The van der Waals surface area contributed by atoms with Crippen molar-refractivity contribution in [3.8, 4) is 0 Å². The lowest BCUT2D eigenvalue weighted by molar-refractivity contribution is 0.0696. The minimum absolute atomic E-state index is 0.0262. The zero-order valence-electron chi connectivity index (χ0n) is 10.8. The number of carbonyl (C=O) groups is 1. The van der Waals surface area contributed by atoms with Crippen molar-refractivity contribution in [2.75, 3.05) is 0 Å². The van der Waals surface area contributed by atoms with Gasteiger partial charge in [0.25, 0.3) is 0 Å². The molecule has 5 nitrogen and oxygen atoms in total. The largest absolute Gasteiger partial charge is 0.478 e. The SMILES string of the molecule is O=C(O)c1ccc(Cl)c(S(=O)(=O)NC2CCCCC2)c1. The van der Waals surface area contributed by atoms with Crippen molar-refractivity contribution in [3.63, 3.8) is 0 Å². The summed E-state index contributed by atoms with van der Waals surface area (Å²) in [6.07, 6.45) is 4.71. The molecule has 0 bridgehead atoms. The third-order valence-electron chi connectivity index (χ3n) is 3.39. The molecule has 110 valence electrons. The molecular formula is C13H16ClNO4S. The number of benzene rings is 1. The van der Waals surface area contributed by atoms with Crippen molar-refractivity contribution >= 4 is 27.6 Å². The fourth-order valence-electron chi connectivity index (χ4n) is 2.35. The van der Waals surface area contributed by atoms with Gasteiger partial charge in [-0.2, -0.15) is 0 Å². The number of hydrogen-bond donors (Lipinski definition) is 2. The Morgan fingerprint density at radius 2 is 1.90 bits per heavy atom. The molecule has 2 N–H and O–H groups in total. The summed E-state index contributed by atoms with van der Waals surface area (Å²) in [5.41, 5.74) is -0.0987. The molecule has 0 radical (unpaired) electrons. The van der Waals surface area contributed by atoms with Gasteiger partial charge < -0.3 is 5.11 Å². The molecule has 0 heterocycles. The summed E-state index contributed by atoms with van der Waals surface area (Å²) in [5, 5.41) is 8.96. The van der Waals surface area contributed by atoms with Gasteiger partial charge >= 0.3 is 5.97 Å². The van der Waals surface area contributed by atoms with Gasteiger partial charge in [0.15, 0.2) is 0 Å². The van der Waals surface area contributed by atoms with Gasteiger partial charge in [0.2, 0.25) is 10.0 Å². The number of halogens is 1. The molecule has 1 aromatic carbocycles. The normalized spacial score (nSPS) is 17.1. The van der Waals surface area contributed by atoms with Crippen LogP contribution in [-0.2, 0) is 10.0 Å². The maximum absolute atomic E-state index is 12.3. The summed E-state index contributed by atoms with van der Waals surface area (Å²) in [4.78, 5) is 10.7. The Bertz CT molecular complexity index is 609. The quantitative estimate of drug-likeness (QED) is 0.894. The van der Waals surface area contributed by atoms with E-state index < -0.39 is 16.0 Å². The topological polar surface area (TPSA) is 83.5 Å². The Morgan fingerprint density at radius 1 is 1.25 bits per heavy atom. The molecule has 0 atom stereocenters. The third-order valence-corrected chi connectivity index (χ3v) is 5.40. The van der Waals surface area contributed by atoms with Crippen LogP contribution in [0, 0.1) is 0 Å². The maximum Gasteiger partial charge on any atom is 0.335 e. The molecular weight excluding hydrogens is 302 g/mol. The zero-order valence-corrected chi connectivity index (χ0v) is 12.4. The molecule has 2 rings (SSSR count). The summed E-state index contributed by atoms with van der Waals surface area (Å²) >= 11 is 5.89. The Balaban J connectivity index is 2.28. The number of hydrogen-bond acceptors (Lipinski definition) is 3. The fraction of sp³-hybridized carbons (Fsp3) is 0.462. The second-order valence-corrected chi connectivity index (χ2v) is 7.00. The van der Waals surface area contributed by atoms with E-state index in [1.807, 2.05) is 0 Å². The van der Waals surface area contributed by atoms with Crippen molar-refractivity contribution < 1.29 is 18.3 Å². The van der Waals surface area contributed by atoms with Gasteiger partial charge in [-0.1, -0.05) is 30.9 Å². The molecule has 0 amide bonds. The van der Waals surface area contributed by atoms with Crippen LogP contribution in [0.25, 0.3) is 0 Å². The molecule has 1 saturated carbocycles. The lowest BCUT2D eigenvalue weighted by Crippen LogP contribution is -2.36. The van der Waals surface area contributed by atoms with E-state index in [2.05, 4.69) is 4.72 Å². The Morgan fingerprint density at radius 3 is 2.50 bits per heavy atom. The van der Waals surface area contributed by atoms with Crippen LogP contribution in [0.1, 0.15) is 42.5 Å². The van der Waals surface area contributed by atoms with Crippen LogP contribution in [0.2, 0.25) is 5.02 Å². The van der Waals surface area contributed by atoms with Crippen LogP contribution in [0.5, 0.6) is 0 Å². The Labute approximate surface area is 123 Å². The van der Waals surface area contributed by atoms with Crippen LogP contribution in [0.3, 0.4) is 0 Å². The molecule has 1 aromatic rings. The second kappa shape index (κ2) is 6.11. The van der Waals surface area contributed by atoms with E-state index >= 15 is 0 Å². The molecule has 0 aromatic heterocycles. The van der Waals surface area contributed by atoms with E-state index in [0.29, 0.717) is 0 Å². The zero-order chi connectivity index (χ0) is 14.8. The fourth-order valence-corrected chi connectivity index (χ4v) is 4.18. The van der Waals surface area contributed by atoms with E-state index in [-0.39, 0.29) is 21.5 Å². The highest BCUT2D eigenvalue weighted by Gasteiger charge is 2.24. The molecule has 0 spiro atoms. The van der Waals surface area contributed by atoms with E-state index in [1.54, 1.807) is 0 Å². The molecule has 1 fully saturated rings. The first-order valence-corrected chi connectivity index (χ1v) is 8.31. The molecule has 1 aliphatic rings. The number of nitrogens with one attached hydrogen (secondary N) is 1. The standard InChI is InChI=1S/C13H16ClNO4S/c14-11-7-6-9(13(16)17)8-12(11)20(18,19)15-10-4-2-1-3-5-10/h6-8,10,15H,1-5H2,(H,16,17). The highest BCUT2D eigenvalue weighted by Crippen LogP contribution is 2.25. The summed E-state index contributed by atoms with van der Waals surface area (Å²) in [6, 6.07) is 3.57. The Kier molecular flexibility index (Phi) is 4.67. The molecule has 0 saturated heterocycles. The summed E-state index contributed by atoms with van der Waals surface area (Å²) < 4.78 is 27.2. The summed E-state index contributed by atoms with van der Waals surface area (Å²) in [5.74, 6) is -1.18. The molecule has 0 unspecified atom stereocenters. The van der Waals surface area contributed by atoms with Gasteiger partial charge in [0.05, 0.1) is 10.6 Å². The highest BCUT2D eigenvalue weighted by atomic mass is 35.5. The number of rotatable bonds is 4. The summed E-state index contributed by atoms with van der Waals surface area (Å²) in [7, 11) is -3.79. The van der Waals surface area contributed by atoms with E-state index in [9.17, 15) is 13.2 Å². The Hall–Kier alpha value is -1.11. The van der Waals surface area contributed by atoms with Gasteiger partial charge in [0.1, 0.15) is 4.90 Å². The first-order chi connectivity index (χ1) is 9.40. The number of sulfonamides is 1. The minimum Gasteiger partial charge on any atom is -0.478 e. The molecule has 0 aliphatic heterocycles. The lowest BCUT2D eigenvalue weighted by atomic mass is 9.96. The lowest BCUT2D eigenvalue weighted by Gasteiger charge is -2.22. The van der Waals surface area contributed by atoms with Crippen molar-refractivity contribution in [2.24, 2.45) is 0 Å². The molecule has 20 heavy (non-hydrogen) atoms. The van der Waals surface area contributed by atoms with Gasteiger partial charge in [0, 0.05) is 6.04 Å². The van der Waals surface area contributed by atoms with Gasteiger partial charge in [-0.25, -0.2) is 17.9 Å². The van der Waals surface area contributed by atoms with Gasteiger partial charge in [-0.3, -0.25) is 0 Å². The first-order valence-electron chi connectivity index (χ1n) is 6.45. The monoisotopic (exact) mass is 317 g/mol. The van der Waals surface area contributed by atoms with Gasteiger partial charge in [-0.05, 0) is 31.0 Å². The minimum atomic E-state index is -3.79. The molecule has 1 aliphatic carbocycles. The average Bonchev–Trinajstić information content (AvgIpc) is 2.39. The average molecular weight is 318 g/mol. The van der Waals surface area contributed by atoms with Crippen LogP contribution in [0.15, 0.2) is 23.1 Å². The van der Waals surface area contributed by atoms with Gasteiger partial charge in [-0.15, -0.1) is 0 Å². The van der Waals surface area contributed by atoms with Crippen LogP contribution >= 0.6 is 11.6 Å². The maximum atomic E-state index is 12.3. The van der Waals surface area contributed by atoms with Crippen molar-refractivity contribution in [3.05, 3.63) is 28.8 Å². The van der Waals surface area contributed by atoms with E-state index in [0.717, 1.165) is 38.2 Å².